The molecule has 0 amide bonds. The van der Waals surface area contributed by atoms with Crippen LogP contribution in [-0.2, 0) is 0 Å². The lowest BCUT2D eigenvalue weighted by Gasteiger charge is -1.98. The van der Waals surface area contributed by atoms with Gasteiger partial charge in [0.15, 0.2) is 0 Å². The molecule has 2 aliphatic rings. The van der Waals surface area contributed by atoms with Gasteiger partial charge < -0.3 is 0 Å². The minimum atomic E-state index is 0.712. The Morgan fingerprint density at radius 1 is 1.50 bits per heavy atom. The average Bonchev–Trinajstić information content (AvgIpc) is 2.34. The van der Waals surface area contributed by atoms with Crippen molar-refractivity contribution in [2.45, 2.75) is 26.2 Å². The highest BCUT2D eigenvalue weighted by molar-refractivity contribution is 5.84. The number of hydrogen-bond donors (Lipinski definition) is 0. The van der Waals surface area contributed by atoms with Gasteiger partial charge in [-0.15, -0.1) is 0 Å². The molecule has 1 nitrogen and oxygen atoms in total. The summed E-state index contributed by atoms with van der Waals surface area (Å²) in [6, 6.07) is 0. The predicted molar refractivity (Wildman–Crippen MR) is 34.3 cm³/mol. The molecule has 1 aliphatic heterocycles. The molecule has 1 heterocycles. The normalized spacial score (nSPS) is 30.9. The van der Waals surface area contributed by atoms with Crippen LogP contribution in [0.3, 0.4) is 0 Å². The molecule has 0 radical (unpaired) electrons. The van der Waals surface area contributed by atoms with Gasteiger partial charge in [-0.1, -0.05) is 0 Å². The highest BCUT2D eigenvalue weighted by atomic mass is 14.8. The van der Waals surface area contributed by atoms with Crippen LogP contribution >= 0.6 is 0 Å². The summed E-state index contributed by atoms with van der Waals surface area (Å²) in [6.07, 6.45) is 4.18. The first-order chi connectivity index (χ1) is 3.81. The molecular weight excluding hydrogens is 98.1 g/mol. The van der Waals surface area contributed by atoms with E-state index < -0.39 is 0 Å². The largest absolute Gasteiger partial charge is 0.294 e. The number of rotatable bonds is 0. The quantitative estimate of drug-likeness (QED) is 0.448. The average molecular weight is 109 g/mol. The third-order valence-corrected chi connectivity index (χ3v) is 2.27. The summed E-state index contributed by atoms with van der Waals surface area (Å²) >= 11 is 0. The van der Waals surface area contributed by atoms with E-state index in [0.29, 0.717) is 5.41 Å². The third kappa shape index (κ3) is 0.504. The second-order valence-electron chi connectivity index (χ2n) is 3.23. The molecule has 0 atom stereocenters. The third-order valence-electron chi connectivity index (χ3n) is 2.27. The summed E-state index contributed by atoms with van der Waals surface area (Å²) in [5.41, 5.74) is 2.09. The molecule has 0 bridgehead atoms. The number of aliphatic imine (C=N–C) groups is 1. The predicted octanol–water partition coefficient (Wildman–Crippen LogP) is 1.63. The lowest BCUT2D eigenvalue weighted by atomic mass is 10.0. The van der Waals surface area contributed by atoms with Crippen LogP contribution in [0.5, 0.6) is 0 Å². The van der Waals surface area contributed by atoms with Gasteiger partial charge in [0, 0.05) is 12.3 Å². The molecule has 0 unspecified atom stereocenters. The molecule has 0 aromatic rings. The zero-order chi connectivity index (χ0) is 5.61. The highest BCUT2D eigenvalue weighted by Crippen LogP contribution is 2.51. The molecule has 0 saturated heterocycles. The van der Waals surface area contributed by atoms with E-state index in [1.165, 1.54) is 25.0 Å². The van der Waals surface area contributed by atoms with Gasteiger partial charge >= 0.3 is 0 Å². The van der Waals surface area contributed by atoms with Crippen LogP contribution in [0, 0.1) is 5.41 Å². The minimum absolute atomic E-state index is 0.712. The maximum absolute atomic E-state index is 4.37. The van der Waals surface area contributed by atoms with Crippen molar-refractivity contribution in [1.29, 1.82) is 0 Å². The van der Waals surface area contributed by atoms with Crippen molar-refractivity contribution in [3.63, 3.8) is 0 Å². The molecule has 44 valence electrons. The Balaban J connectivity index is 2.12. The van der Waals surface area contributed by atoms with E-state index in [-0.39, 0.29) is 0 Å². The standard InChI is InChI=1S/C7H11N/c1-6-4-7(2-3-7)5-8-6/h2-5H2,1H3. The van der Waals surface area contributed by atoms with Gasteiger partial charge in [0.05, 0.1) is 0 Å². The number of hydrogen-bond acceptors (Lipinski definition) is 1. The van der Waals surface area contributed by atoms with Crippen molar-refractivity contribution in [3.8, 4) is 0 Å². The number of nitrogens with zero attached hydrogens (tertiary/aromatic N) is 1. The molecular formula is C7H11N. The van der Waals surface area contributed by atoms with Crippen molar-refractivity contribution >= 4 is 5.71 Å². The first-order valence-corrected chi connectivity index (χ1v) is 3.31. The lowest BCUT2D eigenvalue weighted by molar-refractivity contribution is 0.586. The summed E-state index contributed by atoms with van der Waals surface area (Å²) in [5, 5.41) is 0. The van der Waals surface area contributed by atoms with Crippen LogP contribution in [0.15, 0.2) is 4.99 Å². The molecule has 0 aromatic carbocycles. The zero-order valence-corrected chi connectivity index (χ0v) is 5.28. The smallest absolute Gasteiger partial charge is 0.0448 e. The Morgan fingerprint density at radius 3 is 2.50 bits per heavy atom. The molecule has 1 aliphatic carbocycles. The van der Waals surface area contributed by atoms with Crippen molar-refractivity contribution in [1.82, 2.24) is 0 Å². The molecule has 1 heteroatoms. The van der Waals surface area contributed by atoms with Gasteiger partial charge in [0.1, 0.15) is 0 Å². The molecule has 1 saturated carbocycles. The van der Waals surface area contributed by atoms with E-state index in [0.717, 1.165) is 6.54 Å². The van der Waals surface area contributed by atoms with Crippen LogP contribution in [0.4, 0.5) is 0 Å². The van der Waals surface area contributed by atoms with Crippen molar-refractivity contribution in [2.75, 3.05) is 6.54 Å². The SMILES string of the molecule is CC1=NCC2(CC2)C1. The summed E-state index contributed by atoms with van der Waals surface area (Å²) in [5.74, 6) is 0. The highest BCUT2D eigenvalue weighted by Gasteiger charge is 2.45. The van der Waals surface area contributed by atoms with E-state index in [9.17, 15) is 0 Å². The van der Waals surface area contributed by atoms with Crippen LogP contribution in [-0.4, -0.2) is 12.3 Å². The second-order valence-corrected chi connectivity index (χ2v) is 3.23. The molecule has 1 fully saturated rings. The van der Waals surface area contributed by atoms with Gasteiger partial charge in [-0.3, -0.25) is 4.99 Å². The Kier molecular flexibility index (Phi) is 0.651. The van der Waals surface area contributed by atoms with Gasteiger partial charge in [0.2, 0.25) is 0 Å². The van der Waals surface area contributed by atoms with Crippen LogP contribution < -0.4 is 0 Å². The molecule has 2 rings (SSSR count). The molecule has 0 N–H and O–H groups in total. The summed E-state index contributed by atoms with van der Waals surface area (Å²) in [6.45, 7) is 3.28. The molecule has 8 heavy (non-hydrogen) atoms. The van der Waals surface area contributed by atoms with E-state index in [2.05, 4.69) is 11.9 Å². The van der Waals surface area contributed by atoms with Gasteiger partial charge in [0.25, 0.3) is 0 Å². The van der Waals surface area contributed by atoms with Crippen molar-refractivity contribution in [3.05, 3.63) is 0 Å². The van der Waals surface area contributed by atoms with E-state index in [1.54, 1.807) is 0 Å². The Hall–Kier alpha value is -0.330. The van der Waals surface area contributed by atoms with E-state index in [1.807, 2.05) is 0 Å². The first kappa shape index (κ1) is 4.54. The van der Waals surface area contributed by atoms with Gasteiger partial charge in [-0.2, -0.15) is 0 Å². The monoisotopic (exact) mass is 109 g/mol. The van der Waals surface area contributed by atoms with Gasteiger partial charge in [-0.05, 0) is 31.6 Å². The fourth-order valence-electron chi connectivity index (χ4n) is 1.47. The molecule has 0 aromatic heterocycles. The molecule has 1 spiro atoms. The summed E-state index contributed by atoms with van der Waals surface area (Å²) < 4.78 is 0. The Bertz CT molecular complexity index is 142. The second kappa shape index (κ2) is 1.15. The topological polar surface area (TPSA) is 12.4 Å². The Morgan fingerprint density at radius 2 is 2.25 bits per heavy atom. The van der Waals surface area contributed by atoms with E-state index >= 15 is 0 Å². The minimum Gasteiger partial charge on any atom is -0.294 e. The Labute approximate surface area is 49.8 Å². The van der Waals surface area contributed by atoms with Gasteiger partial charge in [-0.25, -0.2) is 0 Å². The van der Waals surface area contributed by atoms with Crippen molar-refractivity contribution < 1.29 is 0 Å². The fraction of sp³-hybridized carbons (Fsp3) is 0.857. The maximum Gasteiger partial charge on any atom is 0.0448 e. The van der Waals surface area contributed by atoms with Crippen molar-refractivity contribution in [2.24, 2.45) is 10.4 Å². The first-order valence-electron chi connectivity index (χ1n) is 3.31. The van der Waals surface area contributed by atoms with E-state index in [4.69, 9.17) is 0 Å². The summed E-state index contributed by atoms with van der Waals surface area (Å²) in [7, 11) is 0. The van der Waals surface area contributed by atoms with Crippen LogP contribution in [0.1, 0.15) is 26.2 Å². The zero-order valence-electron chi connectivity index (χ0n) is 5.28. The fourth-order valence-corrected chi connectivity index (χ4v) is 1.47. The van der Waals surface area contributed by atoms with Crippen LogP contribution in [0.2, 0.25) is 0 Å². The lowest BCUT2D eigenvalue weighted by Crippen LogP contribution is -1.98. The maximum atomic E-state index is 4.37. The van der Waals surface area contributed by atoms with Crippen LogP contribution in [0.25, 0.3) is 0 Å². The summed E-state index contributed by atoms with van der Waals surface area (Å²) in [4.78, 5) is 4.37.